The van der Waals surface area contributed by atoms with Crippen molar-refractivity contribution < 1.29 is 22.4 Å². The van der Waals surface area contributed by atoms with Gasteiger partial charge in [0.2, 0.25) is 5.91 Å². The number of nitrogens with one attached hydrogen (secondary N) is 2. The van der Waals surface area contributed by atoms with Crippen molar-refractivity contribution in [3.05, 3.63) is 94.5 Å². The fraction of sp³-hybridized carbons (Fsp3) is 0.0800. The molecule has 11 heteroatoms. The molecule has 5 aromatic rings. The zero-order valence-electron chi connectivity index (χ0n) is 18.3. The van der Waals surface area contributed by atoms with Crippen LogP contribution in [0.2, 0.25) is 0 Å². The van der Waals surface area contributed by atoms with Gasteiger partial charge in [-0.1, -0.05) is 42.1 Å². The summed E-state index contributed by atoms with van der Waals surface area (Å²) in [5, 5.41) is 3.24. The van der Waals surface area contributed by atoms with Crippen LogP contribution in [0.25, 0.3) is 27.6 Å². The predicted molar refractivity (Wildman–Crippen MR) is 130 cm³/mol. The molecule has 0 aliphatic rings. The van der Waals surface area contributed by atoms with E-state index in [0.717, 1.165) is 34.5 Å². The number of para-hydroxylation sites is 1. The molecule has 0 atom stereocenters. The van der Waals surface area contributed by atoms with Crippen LogP contribution in [0.5, 0.6) is 0 Å². The number of H-pyrrole nitrogens is 1. The van der Waals surface area contributed by atoms with Crippen LogP contribution in [-0.2, 0) is 11.0 Å². The Morgan fingerprint density at radius 1 is 1.03 bits per heavy atom. The third kappa shape index (κ3) is 4.57. The van der Waals surface area contributed by atoms with Gasteiger partial charge < -0.3 is 10.3 Å². The molecule has 3 aromatic carbocycles. The molecule has 2 heterocycles. The first-order valence-corrected chi connectivity index (χ1v) is 11.6. The normalized spacial score (nSPS) is 11.8. The lowest BCUT2D eigenvalue weighted by Crippen LogP contribution is -2.23. The number of hydrogen-bond donors (Lipinski definition) is 2. The summed E-state index contributed by atoms with van der Waals surface area (Å²) >= 11 is 0.879. The number of aromatic amines is 1. The monoisotopic (exact) mass is 512 g/mol. The van der Waals surface area contributed by atoms with Crippen LogP contribution in [0.4, 0.5) is 23.2 Å². The van der Waals surface area contributed by atoms with E-state index >= 15 is 0 Å². The number of fused-ring (bicyclic) bond motifs is 3. The van der Waals surface area contributed by atoms with Crippen LogP contribution in [0.3, 0.4) is 0 Å². The van der Waals surface area contributed by atoms with Crippen molar-refractivity contribution in [1.82, 2.24) is 14.5 Å². The molecule has 0 aliphatic carbocycles. The molecule has 0 bridgehead atoms. The van der Waals surface area contributed by atoms with Gasteiger partial charge >= 0.3 is 6.18 Å². The van der Waals surface area contributed by atoms with Gasteiger partial charge in [0.15, 0.2) is 5.16 Å². The summed E-state index contributed by atoms with van der Waals surface area (Å²) < 4.78 is 54.6. The predicted octanol–water partition coefficient (Wildman–Crippen LogP) is 5.76. The van der Waals surface area contributed by atoms with Crippen molar-refractivity contribution in [2.75, 3.05) is 11.1 Å². The lowest BCUT2D eigenvalue weighted by molar-refractivity contribution is -0.137. The maximum Gasteiger partial charge on any atom is 0.416 e. The molecule has 6 nitrogen and oxygen atoms in total. The van der Waals surface area contributed by atoms with Crippen LogP contribution >= 0.6 is 11.8 Å². The zero-order valence-corrected chi connectivity index (χ0v) is 19.1. The number of anilines is 1. The number of thioether (sulfide) groups is 1. The van der Waals surface area contributed by atoms with Crippen molar-refractivity contribution in [2.45, 2.75) is 11.3 Å². The van der Waals surface area contributed by atoms with E-state index in [1.807, 2.05) is 0 Å². The fourth-order valence-corrected chi connectivity index (χ4v) is 4.59. The van der Waals surface area contributed by atoms with Gasteiger partial charge in [0.05, 0.1) is 17.0 Å². The van der Waals surface area contributed by atoms with E-state index in [1.165, 1.54) is 30.3 Å². The Morgan fingerprint density at radius 2 is 1.81 bits per heavy atom. The van der Waals surface area contributed by atoms with E-state index in [2.05, 4.69) is 15.3 Å². The maximum atomic E-state index is 13.5. The molecule has 2 N–H and O–H groups in total. The van der Waals surface area contributed by atoms with E-state index < -0.39 is 29.0 Å². The third-order valence-electron chi connectivity index (χ3n) is 5.37. The van der Waals surface area contributed by atoms with Crippen LogP contribution in [0.15, 0.2) is 82.7 Å². The highest BCUT2D eigenvalue weighted by atomic mass is 32.2. The topological polar surface area (TPSA) is 79.8 Å². The summed E-state index contributed by atoms with van der Waals surface area (Å²) in [5.74, 6) is -1.25. The highest BCUT2D eigenvalue weighted by Gasteiger charge is 2.31. The quantitative estimate of drug-likeness (QED) is 0.178. The van der Waals surface area contributed by atoms with Gasteiger partial charge in [-0.2, -0.15) is 13.2 Å². The van der Waals surface area contributed by atoms with Crippen molar-refractivity contribution in [3.63, 3.8) is 0 Å². The molecule has 0 radical (unpaired) electrons. The number of nitrogens with zero attached hydrogens (tertiary/aromatic N) is 2. The third-order valence-corrected chi connectivity index (χ3v) is 6.31. The van der Waals surface area contributed by atoms with Crippen molar-refractivity contribution in [3.8, 4) is 5.69 Å². The molecular weight excluding hydrogens is 496 g/mol. The second-order valence-corrected chi connectivity index (χ2v) is 8.77. The maximum absolute atomic E-state index is 13.5. The average Bonchev–Trinajstić information content (AvgIpc) is 3.21. The number of alkyl halides is 3. The van der Waals surface area contributed by atoms with Gasteiger partial charge in [-0.3, -0.25) is 14.2 Å². The number of carbonyl (C=O) groups is 1. The lowest BCUT2D eigenvalue weighted by atomic mass is 10.2. The number of hydrogen-bond acceptors (Lipinski definition) is 4. The standard InChI is InChI=1S/C25H16F4N4O2S/c26-15-6-4-7-16(12-15)30-20(34)13-36-24-32-21-18-9-1-2-10-19(18)31-22(21)23(35)33(24)17-8-3-5-14(11-17)25(27,28)29/h1-12,31H,13H2,(H,30,34). The highest BCUT2D eigenvalue weighted by molar-refractivity contribution is 7.99. The van der Waals surface area contributed by atoms with E-state index in [4.69, 9.17) is 0 Å². The summed E-state index contributed by atoms with van der Waals surface area (Å²) in [4.78, 5) is 33.6. The molecule has 1 amide bonds. The smallest absolute Gasteiger partial charge is 0.349 e. The molecule has 0 spiro atoms. The molecule has 0 aliphatic heterocycles. The molecule has 0 saturated heterocycles. The number of rotatable bonds is 5. The highest BCUT2D eigenvalue weighted by Crippen LogP contribution is 2.32. The first-order chi connectivity index (χ1) is 17.2. The van der Waals surface area contributed by atoms with Gasteiger partial charge in [0, 0.05) is 16.6 Å². The molecule has 5 rings (SSSR count). The Kier molecular flexibility index (Phi) is 6.00. The number of carbonyl (C=O) groups excluding carboxylic acids is 1. The van der Waals surface area contributed by atoms with E-state index in [9.17, 15) is 27.2 Å². The summed E-state index contributed by atoms with van der Waals surface area (Å²) in [6.07, 6.45) is -4.61. The molecule has 0 fully saturated rings. The molecule has 2 aromatic heterocycles. The molecule has 182 valence electrons. The minimum Gasteiger partial charge on any atom is -0.349 e. The van der Waals surface area contributed by atoms with E-state index in [1.54, 1.807) is 24.3 Å². The first kappa shape index (κ1) is 23.6. The van der Waals surface area contributed by atoms with Gasteiger partial charge in [0.1, 0.15) is 16.9 Å². The lowest BCUT2D eigenvalue weighted by Gasteiger charge is -2.14. The minimum atomic E-state index is -4.61. The van der Waals surface area contributed by atoms with Crippen molar-refractivity contribution in [1.29, 1.82) is 0 Å². The second-order valence-electron chi connectivity index (χ2n) is 7.82. The van der Waals surface area contributed by atoms with Crippen LogP contribution in [-0.4, -0.2) is 26.2 Å². The fourth-order valence-electron chi connectivity index (χ4n) is 3.78. The van der Waals surface area contributed by atoms with Gasteiger partial charge in [-0.25, -0.2) is 9.37 Å². The molecular formula is C25H16F4N4O2S. The first-order valence-electron chi connectivity index (χ1n) is 10.6. The number of halogens is 4. The largest absolute Gasteiger partial charge is 0.416 e. The van der Waals surface area contributed by atoms with Gasteiger partial charge in [-0.15, -0.1) is 0 Å². The SMILES string of the molecule is O=C(CSc1nc2c([nH]c3ccccc32)c(=O)n1-c1cccc(C(F)(F)F)c1)Nc1cccc(F)c1. The van der Waals surface area contributed by atoms with Gasteiger partial charge in [-0.05, 0) is 42.5 Å². The summed E-state index contributed by atoms with van der Waals surface area (Å²) in [6, 6.07) is 16.7. The van der Waals surface area contributed by atoms with E-state index in [-0.39, 0.29) is 27.8 Å². The Bertz CT molecular complexity index is 1680. The Hall–Kier alpha value is -4.12. The summed E-state index contributed by atoms with van der Waals surface area (Å²) in [7, 11) is 0. The molecule has 36 heavy (non-hydrogen) atoms. The summed E-state index contributed by atoms with van der Waals surface area (Å²) in [6.45, 7) is 0. The second kappa shape index (κ2) is 9.15. The van der Waals surface area contributed by atoms with Crippen molar-refractivity contribution >= 4 is 45.3 Å². The number of aromatic nitrogens is 3. The number of amides is 1. The average molecular weight is 512 g/mol. The Labute approximate surface area is 205 Å². The molecule has 0 saturated carbocycles. The number of benzene rings is 3. The zero-order chi connectivity index (χ0) is 25.4. The van der Waals surface area contributed by atoms with E-state index in [0.29, 0.717) is 16.4 Å². The van der Waals surface area contributed by atoms with Crippen LogP contribution in [0, 0.1) is 5.82 Å². The van der Waals surface area contributed by atoms with Crippen LogP contribution in [0.1, 0.15) is 5.56 Å². The minimum absolute atomic E-state index is 0.0333. The Balaban J connectivity index is 1.59. The Morgan fingerprint density at radius 3 is 2.58 bits per heavy atom. The molecule has 0 unspecified atom stereocenters. The van der Waals surface area contributed by atoms with Crippen LogP contribution < -0.4 is 10.9 Å². The summed E-state index contributed by atoms with van der Waals surface area (Å²) in [5.41, 5.74) is -0.230. The van der Waals surface area contributed by atoms with Gasteiger partial charge in [0.25, 0.3) is 5.56 Å². The van der Waals surface area contributed by atoms with Crippen molar-refractivity contribution in [2.24, 2.45) is 0 Å².